The largest absolute Gasteiger partial charge is 0.505 e. The third-order valence-corrected chi connectivity index (χ3v) is 1.59. The number of hydrogen-bond donors (Lipinski definition) is 2. The van der Waals surface area contributed by atoms with Crippen molar-refractivity contribution in [3.63, 3.8) is 0 Å². The van der Waals surface area contributed by atoms with Crippen molar-refractivity contribution in [3.05, 3.63) is 23.8 Å². The van der Waals surface area contributed by atoms with Gasteiger partial charge in [-0.15, -0.1) is 0 Å². The predicted octanol–water partition coefficient (Wildman–Crippen LogP) is 0.362. The Morgan fingerprint density at radius 3 is 2.58 bits per heavy atom. The first-order chi connectivity index (χ1) is 5.57. The monoisotopic (exact) mass is 168 g/mol. The van der Waals surface area contributed by atoms with E-state index in [1.165, 1.54) is 0 Å². The summed E-state index contributed by atoms with van der Waals surface area (Å²) in [5, 5.41) is 17.8. The zero-order chi connectivity index (χ0) is 8.77. The van der Waals surface area contributed by atoms with Gasteiger partial charge in [-0.2, -0.15) is 0 Å². The van der Waals surface area contributed by atoms with Gasteiger partial charge in [-0.25, -0.2) is 0 Å². The summed E-state index contributed by atoms with van der Waals surface area (Å²) in [5.74, 6) is 0.686. The van der Waals surface area contributed by atoms with Crippen LogP contribution in [0.1, 0.15) is 5.56 Å². The van der Waals surface area contributed by atoms with Gasteiger partial charge in [-0.1, -0.05) is 6.07 Å². The Hall–Kier alpha value is -1.26. The zero-order valence-corrected chi connectivity index (χ0v) is 6.44. The van der Waals surface area contributed by atoms with E-state index in [2.05, 4.69) is 9.47 Å². The van der Waals surface area contributed by atoms with Crippen molar-refractivity contribution in [2.75, 3.05) is 0 Å². The number of aryl methyl sites for hydroxylation is 1. The Labute approximate surface area is 69.0 Å². The molecule has 0 bridgehead atoms. The summed E-state index contributed by atoms with van der Waals surface area (Å²) in [5.41, 5.74) is 0.968. The van der Waals surface area contributed by atoms with Gasteiger partial charge in [0.15, 0.2) is 11.5 Å². The Balaban J connectivity index is 2.43. The number of fused-ring (bicyclic) bond motifs is 1. The fourth-order valence-electron chi connectivity index (χ4n) is 1.09. The minimum atomic E-state index is -2.50. The lowest BCUT2D eigenvalue weighted by Crippen LogP contribution is -2.37. The normalized spacial score (nSPS) is 17.9. The van der Waals surface area contributed by atoms with Gasteiger partial charge in [-0.05, 0) is 24.6 Å². The van der Waals surface area contributed by atoms with Crippen molar-refractivity contribution in [2.45, 2.75) is 13.1 Å². The maximum Gasteiger partial charge on any atom is 0.505 e. The van der Waals surface area contributed by atoms with Crippen LogP contribution in [0, 0.1) is 6.92 Å². The molecule has 64 valence electrons. The molecule has 1 aliphatic heterocycles. The second-order valence-electron chi connectivity index (χ2n) is 2.70. The molecule has 0 aliphatic carbocycles. The second-order valence-corrected chi connectivity index (χ2v) is 2.70. The highest BCUT2D eigenvalue weighted by Gasteiger charge is 2.37. The van der Waals surface area contributed by atoms with Crippen LogP contribution in [-0.4, -0.2) is 16.4 Å². The van der Waals surface area contributed by atoms with Crippen LogP contribution in [0.25, 0.3) is 0 Å². The molecule has 0 saturated heterocycles. The second kappa shape index (κ2) is 2.12. The molecule has 12 heavy (non-hydrogen) atoms. The van der Waals surface area contributed by atoms with E-state index in [0.29, 0.717) is 11.5 Å². The minimum Gasteiger partial charge on any atom is -0.403 e. The van der Waals surface area contributed by atoms with Crippen molar-refractivity contribution < 1.29 is 19.7 Å². The van der Waals surface area contributed by atoms with Crippen molar-refractivity contribution in [2.24, 2.45) is 0 Å². The van der Waals surface area contributed by atoms with Crippen LogP contribution < -0.4 is 9.47 Å². The fourth-order valence-corrected chi connectivity index (χ4v) is 1.09. The number of aliphatic hydroxyl groups is 2. The van der Waals surface area contributed by atoms with E-state index in [9.17, 15) is 0 Å². The maximum atomic E-state index is 8.92. The number of hydrogen-bond acceptors (Lipinski definition) is 4. The van der Waals surface area contributed by atoms with E-state index in [4.69, 9.17) is 10.2 Å². The van der Waals surface area contributed by atoms with Crippen LogP contribution >= 0.6 is 0 Å². The van der Waals surface area contributed by atoms with Gasteiger partial charge in [0, 0.05) is 0 Å². The molecular weight excluding hydrogens is 160 g/mol. The van der Waals surface area contributed by atoms with Gasteiger partial charge in [-0.3, -0.25) is 10.2 Å². The molecule has 4 nitrogen and oxygen atoms in total. The minimum absolute atomic E-state index is 0.339. The van der Waals surface area contributed by atoms with Gasteiger partial charge in [0.2, 0.25) is 0 Å². The number of rotatable bonds is 0. The summed E-state index contributed by atoms with van der Waals surface area (Å²) in [7, 11) is 0. The molecule has 2 N–H and O–H groups in total. The van der Waals surface area contributed by atoms with Crippen molar-refractivity contribution in [1.29, 1.82) is 0 Å². The van der Waals surface area contributed by atoms with E-state index in [0.717, 1.165) is 5.56 Å². The molecule has 1 aromatic rings. The lowest BCUT2D eigenvalue weighted by molar-refractivity contribution is -0.385. The average molecular weight is 168 g/mol. The fraction of sp³-hybridized carbons (Fsp3) is 0.250. The molecule has 0 unspecified atom stereocenters. The van der Waals surface area contributed by atoms with Crippen molar-refractivity contribution in [3.8, 4) is 11.5 Å². The third-order valence-electron chi connectivity index (χ3n) is 1.59. The van der Waals surface area contributed by atoms with E-state index >= 15 is 0 Å². The van der Waals surface area contributed by atoms with Crippen molar-refractivity contribution >= 4 is 0 Å². The Kier molecular flexibility index (Phi) is 1.31. The molecule has 0 spiro atoms. The van der Waals surface area contributed by atoms with Crippen molar-refractivity contribution in [1.82, 2.24) is 0 Å². The van der Waals surface area contributed by atoms with Gasteiger partial charge in [0.25, 0.3) is 0 Å². The van der Waals surface area contributed by atoms with E-state index in [-0.39, 0.29) is 0 Å². The van der Waals surface area contributed by atoms with Gasteiger partial charge in [0.1, 0.15) is 0 Å². The molecule has 1 heterocycles. The highest BCUT2D eigenvalue weighted by molar-refractivity contribution is 5.44. The molecule has 0 fully saturated rings. The molecule has 0 atom stereocenters. The SMILES string of the molecule is Cc1ccc2c(c1)OC(O)(O)O2. The molecule has 0 aromatic heterocycles. The summed E-state index contributed by atoms with van der Waals surface area (Å²) in [6.45, 7) is 1.87. The quantitative estimate of drug-likeness (QED) is 0.549. The highest BCUT2D eigenvalue weighted by Crippen LogP contribution is 2.37. The van der Waals surface area contributed by atoms with Crippen LogP contribution in [0.2, 0.25) is 0 Å². The van der Waals surface area contributed by atoms with Gasteiger partial charge >= 0.3 is 6.16 Å². The Morgan fingerprint density at radius 1 is 1.17 bits per heavy atom. The van der Waals surface area contributed by atoms with Crippen LogP contribution in [0.3, 0.4) is 0 Å². The first-order valence-electron chi connectivity index (χ1n) is 3.50. The van der Waals surface area contributed by atoms with Gasteiger partial charge < -0.3 is 9.47 Å². The predicted molar refractivity (Wildman–Crippen MR) is 39.6 cm³/mol. The first kappa shape index (κ1) is 7.39. The third kappa shape index (κ3) is 1.11. The van der Waals surface area contributed by atoms with Crippen LogP contribution in [-0.2, 0) is 0 Å². The van der Waals surface area contributed by atoms with Crippen LogP contribution in [0.4, 0.5) is 0 Å². The summed E-state index contributed by atoms with van der Waals surface area (Å²) < 4.78 is 9.30. The lowest BCUT2D eigenvalue weighted by atomic mass is 10.2. The Morgan fingerprint density at radius 2 is 1.83 bits per heavy atom. The number of benzene rings is 1. The first-order valence-corrected chi connectivity index (χ1v) is 3.50. The number of ether oxygens (including phenoxy) is 2. The molecule has 2 rings (SSSR count). The topological polar surface area (TPSA) is 58.9 Å². The molecular formula is C8H8O4. The zero-order valence-electron chi connectivity index (χ0n) is 6.44. The Bertz CT molecular complexity index is 319. The highest BCUT2D eigenvalue weighted by atomic mass is 17.0. The smallest absolute Gasteiger partial charge is 0.403 e. The van der Waals surface area contributed by atoms with E-state index < -0.39 is 6.16 Å². The molecule has 0 saturated carbocycles. The molecule has 1 aliphatic rings. The maximum absolute atomic E-state index is 8.92. The van der Waals surface area contributed by atoms with E-state index in [1.54, 1.807) is 18.2 Å². The summed E-state index contributed by atoms with van der Waals surface area (Å²) in [4.78, 5) is 0. The standard InChI is InChI=1S/C8H8O4/c1-5-2-3-6-7(4-5)12-8(9,10)11-6/h2-4,9-10H,1H3. The van der Waals surface area contributed by atoms with Crippen LogP contribution in [0.5, 0.6) is 11.5 Å². The van der Waals surface area contributed by atoms with Gasteiger partial charge in [0.05, 0.1) is 0 Å². The molecule has 1 aromatic carbocycles. The molecule has 4 heteroatoms. The summed E-state index contributed by atoms with van der Waals surface area (Å²) >= 11 is 0. The van der Waals surface area contributed by atoms with E-state index in [1.807, 2.05) is 6.92 Å². The molecule has 0 amide bonds. The summed E-state index contributed by atoms with van der Waals surface area (Å²) in [6.07, 6.45) is -2.50. The molecule has 0 radical (unpaired) electrons. The average Bonchev–Trinajstić information content (AvgIpc) is 2.21. The van der Waals surface area contributed by atoms with Crippen LogP contribution in [0.15, 0.2) is 18.2 Å². The summed E-state index contributed by atoms with van der Waals surface area (Å²) in [6, 6.07) is 5.09. The lowest BCUT2D eigenvalue weighted by Gasteiger charge is -2.10.